The van der Waals surface area contributed by atoms with Crippen molar-refractivity contribution in [3.63, 3.8) is 0 Å². The quantitative estimate of drug-likeness (QED) is 0.319. The van der Waals surface area contributed by atoms with E-state index < -0.39 is 4.92 Å². The van der Waals surface area contributed by atoms with Gasteiger partial charge in [0.05, 0.1) is 17.6 Å². The summed E-state index contributed by atoms with van der Waals surface area (Å²) in [5.41, 5.74) is 1.88. The molecule has 2 heterocycles. The highest BCUT2D eigenvalue weighted by Crippen LogP contribution is 2.32. The third-order valence-electron chi connectivity index (χ3n) is 6.21. The van der Waals surface area contributed by atoms with Gasteiger partial charge in [-0.05, 0) is 6.07 Å². The highest BCUT2D eigenvalue weighted by atomic mass is 16.6. The summed E-state index contributed by atoms with van der Waals surface area (Å²) in [6, 6.07) is 22.1. The molecule has 1 fully saturated rings. The number of methoxy groups -OCH3 is 1. The third-order valence-corrected chi connectivity index (χ3v) is 6.21. The SMILES string of the molecule is COc1ccc([N+](=O)[O-])cc1C(=O)N1CCN(c2nnc(-c3ccccc3)c3ccccc23)CC1. The molecule has 176 valence electrons. The molecule has 0 spiro atoms. The number of amides is 1. The Hall–Kier alpha value is -4.53. The number of anilines is 1. The molecule has 35 heavy (non-hydrogen) atoms. The Morgan fingerprint density at radius 3 is 2.29 bits per heavy atom. The van der Waals surface area contributed by atoms with E-state index in [1.165, 1.54) is 25.3 Å². The zero-order chi connectivity index (χ0) is 24.4. The van der Waals surface area contributed by atoms with E-state index in [-0.39, 0.29) is 17.2 Å². The summed E-state index contributed by atoms with van der Waals surface area (Å²) in [5.74, 6) is 0.803. The lowest BCUT2D eigenvalue weighted by Gasteiger charge is -2.35. The topological polar surface area (TPSA) is 102 Å². The average Bonchev–Trinajstić information content (AvgIpc) is 2.92. The highest BCUT2D eigenvalue weighted by Gasteiger charge is 2.27. The van der Waals surface area contributed by atoms with Crippen molar-refractivity contribution in [1.82, 2.24) is 15.1 Å². The van der Waals surface area contributed by atoms with Gasteiger partial charge in [0.1, 0.15) is 11.4 Å². The molecular formula is C26H23N5O4. The number of hydrogen-bond donors (Lipinski definition) is 0. The molecule has 0 saturated carbocycles. The van der Waals surface area contributed by atoms with Gasteiger partial charge < -0.3 is 14.5 Å². The van der Waals surface area contributed by atoms with Crippen molar-refractivity contribution in [3.05, 3.63) is 88.5 Å². The van der Waals surface area contributed by atoms with Crippen LogP contribution >= 0.6 is 0 Å². The standard InChI is InChI=1S/C26H23N5O4/c1-35-23-12-11-19(31(33)34)17-22(23)26(32)30-15-13-29(14-16-30)25-21-10-6-5-9-20(21)24(27-28-25)18-7-3-2-4-8-18/h2-12,17H,13-16H2,1H3. The van der Waals surface area contributed by atoms with Gasteiger partial charge in [-0.1, -0.05) is 54.6 Å². The van der Waals surface area contributed by atoms with E-state index in [1.54, 1.807) is 4.90 Å². The second-order valence-corrected chi connectivity index (χ2v) is 8.20. The number of nitro benzene ring substituents is 1. The molecule has 1 aliphatic heterocycles. The van der Waals surface area contributed by atoms with Crippen LogP contribution in [0.2, 0.25) is 0 Å². The number of non-ortho nitro benzene ring substituents is 1. The van der Waals surface area contributed by atoms with Crippen LogP contribution in [0.5, 0.6) is 5.75 Å². The van der Waals surface area contributed by atoms with Crippen molar-refractivity contribution in [2.45, 2.75) is 0 Å². The summed E-state index contributed by atoms with van der Waals surface area (Å²) in [6.07, 6.45) is 0. The van der Waals surface area contributed by atoms with Gasteiger partial charge in [-0.2, -0.15) is 0 Å². The summed E-state index contributed by atoms with van der Waals surface area (Å²) in [7, 11) is 1.44. The summed E-state index contributed by atoms with van der Waals surface area (Å²) >= 11 is 0. The lowest BCUT2D eigenvalue weighted by Crippen LogP contribution is -2.49. The second-order valence-electron chi connectivity index (χ2n) is 8.20. The van der Waals surface area contributed by atoms with Crippen molar-refractivity contribution in [3.8, 4) is 17.0 Å². The fourth-order valence-corrected chi connectivity index (χ4v) is 4.40. The van der Waals surface area contributed by atoms with Crippen LogP contribution in [0.3, 0.4) is 0 Å². The Bertz CT molecular complexity index is 1400. The van der Waals surface area contributed by atoms with E-state index in [4.69, 9.17) is 4.74 Å². The molecule has 1 aromatic heterocycles. The normalized spacial score (nSPS) is 13.6. The van der Waals surface area contributed by atoms with E-state index in [2.05, 4.69) is 15.1 Å². The Morgan fingerprint density at radius 2 is 1.60 bits per heavy atom. The smallest absolute Gasteiger partial charge is 0.270 e. The number of aromatic nitrogens is 2. The number of carbonyl (C=O) groups is 1. The first-order valence-corrected chi connectivity index (χ1v) is 11.2. The minimum absolute atomic E-state index is 0.145. The number of nitro groups is 1. The van der Waals surface area contributed by atoms with Crippen molar-refractivity contribution in [2.24, 2.45) is 0 Å². The van der Waals surface area contributed by atoms with Gasteiger partial charge in [0, 0.05) is 54.6 Å². The van der Waals surface area contributed by atoms with Crippen molar-refractivity contribution in [2.75, 3.05) is 38.2 Å². The van der Waals surface area contributed by atoms with E-state index in [9.17, 15) is 14.9 Å². The van der Waals surface area contributed by atoms with Gasteiger partial charge in [0.2, 0.25) is 0 Å². The van der Waals surface area contributed by atoms with Crippen LogP contribution < -0.4 is 9.64 Å². The maximum Gasteiger partial charge on any atom is 0.270 e. The first-order chi connectivity index (χ1) is 17.1. The van der Waals surface area contributed by atoms with E-state index in [0.717, 1.165) is 27.8 Å². The molecule has 4 aromatic rings. The van der Waals surface area contributed by atoms with Crippen molar-refractivity contribution < 1.29 is 14.5 Å². The Morgan fingerprint density at radius 1 is 0.914 bits per heavy atom. The van der Waals surface area contributed by atoms with Crippen LogP contribution in [0.25, 0.3) is 22.0 Å². The highest BCUT2D eigenvalue weighted by molar-refractivity contribution is 6.00. The maximum absolute atomic E-state index is 13.2. The van der Waals surface area contributed by atoms with Gasteiger partial charge in [0.25, 0.3) is 11.6 Å². The minimum atomic E-state index is -0.517. The number of piperazine rings is 1. The van der Waals surface area contributed by atoms with Gasteiger partial charge in [0.15, 0.2) is 5.82 Å². The fourth-order valence-electron chi connectivity index (χ4n) is 4.40. The number of nitrogens with zero attached hydrogens (tertiary/aromatic N) is 5. The van der Waals surface area contributed by atoms with Gasteiger partial charge in [-0.25, -0.2) is 0 Å². The number of carbonyl (C=O) groups excluding carboxylic acids is 1. The molecule has 3 aromatic carbocycles. The average molecular weight is 470 g/mol. The fraction of sp³-hybridized carbons (Fsp3) is 0.192. The first-order valence-electron chi connectivity index (χ1n) is 11.2. The number of benzene rings is 3. The monoisotopic (exact) mass is 469 g/mol. The minimum Gasteiger partial charge on any atom is -0.496 e. The summed E-state index contributed by atoms with van der Waals surface area (Å²) in [6.45, 7) is 2.01. The van der Waals surface area contributed by atoms with E-state index in [0.29, 0.717) is 31.9 Å². The molecule has 0 N–H and O–H groups in total. The number of hydrogen-bond acceptors (Lipinski definition) is 7. The predicted molar refractivity (Wildman–Crippen MR) is 133 cm³/mol. The van der Waals surface area contributed by atoms with Crippen LogP contribution in [0, 0.1) is 10.1 Å². The largest absolute Gasteiger partial charge is 0.496 e. The lowest BCUT2D eigenvalue weighted by atomic mass is 10.0. The zero-order valence-electron chi connectivity index (χ0n) is 19.1. The Labute approximate surface area is 201 Å². The predicted octanol–water partition coefficient (Wildman–Crippen LogP) is 4.18. The lowest BCUT2D eigenvalue weighted by molar-refractivity contribution is -0.384. The molecular weight excluding hydrogens is 446 g/mol. The molecule has 1 saturated heterocycles. The molecule has 0 radical (unpaired) electrons. The first kappa shape index (κ1) is 22.3. The summed E-state index contributed by atoms with van der Waals surface area (Å²) in [4.78, 5) is 27.7. The van der Waals surface area contributed by atoms with Crippen LogP contribution in [0.15, 0.2) is 72.8 Å². The molecule has 0 bridgehead atoms. The Balaban J connectivity index is 1.39. The van der Waals surface area contributed by atoms with Crippen molar-refractivity contribution >= 4 is 28.2 Å². The van der Waals surface area contributed by atoms with E-state index in [1.807, 2.05) is 54.6 Å². The second kappa shape index (κ2) is 9.38. The van der Waals surface area contributed by atoms with E-state index >= 15 is 0 Å². The molecule has 0 unspecified atom stereocenters. The number of rotatable bonds is 5. The van der Waals surface area contributed by atoms with Gasteiger partial charge >= 0.3 is 0 Å². The van der Waals surface area contributed by atoms with Crippen LogP contribution in [0.1, 0.15) is 10.4 Å². The maximum atomic E-state index is 13.2. The molecule has 1 amide bonds. The van der Waals surface area contributed by atoms with Gasteiger partial charge in [-0.15, -0.1) is 10.2 Å². The molecule has 0 aliphatic carbocycles. The van der Waals surface area contributed by atoms with Crippen molar-refractivity contribution in [1.29, 1.82) is 0 Å². The molecule has 9 heteroatoms. The van der Waals surface area contributed by atoms with Crippen LogP contribution in [-0.4, -0.2) is 59.2 Å². The van der Waals surface area contributed by atoms with Gasteiger partial charge in [-0.3, -0.25) is 14.9 Å². The Kier molecular flexibility index (Phi) is 5.97. The van der Waals surface area contributed by atoms with Crippen LogP contribution in [-0.2, 0) is 0 Å². The number of ether oxygens (including phenoxy) is 1. The number of fused-ring (bicyclic) bond motifs is 1. The third kappa shape index (κ3) is 4.23. The molecule has 5 rings (SSSR count). The zero-order valence-corrected chi connectivity index (χ0v) is 19.1. The van der Waals surface area contributed by atoms with Crippen LogP contribution in [0.4, 0.5) is 11.5 Å². The summed E-state index contributed by atoms with van der Waals surface area (Å²) in [5, 5.41) is 22.3. The molecule has 9 nitrogen and oxygen atoms in total. The summed E-state index contributed by atoms with van der Waals surface area (Å²) < 4.78 is 5.28. The molecule has 0 atom stereocenters. The molecule has 1 aliphatic rings.